The van der Waals surface area contributed by atoms with Crippen molar-refractivity contribution in [2.75, 3.05) is 6.54 Å². The lowest BCUT2D eigenvalue weighted by atomic mass is 10.1. The van der Waals surface area contributed by atoms with E-state index in [1.807, 2.05) is 30.3 Å². The number of ketones is 1. The predicted octanol–water partition coefficient (Wildman–Crippen LogP) is 4.69. The molecule has 3 aromatic rings. The van der Waals surface area contributed by atoms with Crippen molar-refractivity contribution in [3.8, 4) is 22.3 Å². The molecular formula is C24H18ClN3O3S. The van der Waals surface area contributed by atoms with Crippen LogP contribution in [0.5, 0.6) is 5.75 Å². The third-order valence-corrected chi connectivity index (χ3v) is 6.46. The summed E-state index contributed by atoms with van der Waals surface area (Å²) >= 11 is 7.87. The Labute approximate surface area is 194 Å². The lowest BCUT2D eigenvalue weighted by molar-refractivity contribution is -0.117. The molecule has 1 aromatic carbocycles. The molecule has 1 unspecified atom stereocenters. The van der Waals surface area contributed by atoms with Gasteiger partial charge in [0.05, 0.1) is 16.4 Å². The second-order valence-corrected chi connectivity index (χ2v) is 8.77. The molecule has 0 bridgehead atoms. The van der Waals surface area contributed by atoms with E-state index in [1.54, 1.807) is 31.5 Å². The number of Topliss-reactive ketones (excluding diaryl/α,β-unsaturated/α-hetero) is 1. The summed E-state index contributed by atoms with van der Waals surface area (Å²) < 4.78 is 5.94. The van der Waals surface area contributed by atoms with Crippen molar-refractivity contribution in [1.29, 1.82) is 5.26 Å². The Balaban J connectivity index is 1.43. The van der Waals surface area contributed by atoms with Crippen LogP contribution in [0.1, 0.15) is 27.7 Å². The Bertz CT molecular complexity index is 1260. The number of fused-ring (bicyclic) bond motifs is 1. The van der Waals surface area contributed by atoms with E-state index in [9.17, 15) is 14.9 Å². The van der Waals surface area contributed by atoms with Gasteiger partial charge in [-0.3, -0.25) is 14.6 Å². The first-order valence-corrected chi connectivity index (χ1v) is 11.0. The minimum absolute atomic E-state index is 0.00667. The SMILES string of the molecule is CC(=O)c1ccc(-c2cc(Cl)c3c(c2)CC(CNC(=O)C(C#N)=Cc2cccnc2)O3)s1. The van der Waals surface area contributed by atoms with Crippen LogP contribution in [-0.2, 0) is 11.2 Å². The molecule has 1 aliphatic heterocycles. The number of aromatic nitrogens is 1. The summed E-state index contributed by atoms with van der Waals surface area (Å²) in [6, 6.07) is 13.0. The van der Waals surface area contributed by atoms with Gasteiger partial charge in [-0.2, -0.15) is 5.26 Å². The number of carbonyl (C=O) groups excluding carboxylic acids is 2. The molecular weight excluding hydrogens is 446 g/mol. The van der Waals surface area contributed by atoms with Gasteiger partial charge in [0, 0.05) is 29.3 Å². The van der Waals surface area contributed by atoms with E-state index < -0.39 is 5.91 Å². The molecule has 1 aliphatic rings. The molecule has 2 aromatic heterocycles. The number of thiophene rings is 1. The Morgan fingerprint density at radius 2 is 2.22 bits per heavy atom. The Kier molecular flexibility index (Phi) is 6.35. The third-order valence-electron chi connectivity index (χ3n) is 4.94. The van der Waals surface area contributed by atoms with Gasteiger partial charge < -0.3 is 10.1 Å². The highest BCUT2D eigenvalue weighted by Gasteiger charge is 2.27. The number of hydrogen-bond donors (Lipinski definition) is 1. The average Bonchev–Trinajstić information content (AvgIpc) is 3.44. The van der Waals surface area contributed by atoms with Crippen molar-refractivity contribution in [3.63, 3.8) is 0 Å². The molecule has 0 fully saturated rings. The number of carbonyl (C=O) groups is 2. The van der Waals surface area contributed by atoms with Crippen LogP contribution in [0.4, 0.5) is 0 Å². The van der Waals surface area contributed by atoms with Gasteiger partial charge in [-0.05, 0) is 54.5 Å². The molecule has 32 heavy (non-hydrogen) atoms. The van der Waals surface area contributed by atoms with E-state index in [0.29, 0.717) is 27.6 Å². The minimum Gasteiger partial charge on any atom is -0.486 e. The molecule has 1 amide bonds. The molecule has 0 saturated heterocycles. The van der Waals surface area contributed by atoms with Gasteiger partial charge in [-0.1, -0.05) is 17.7 Å². The van der Waals surface area contributed by atoms with E-state index in [1.165, 1.54) is 17.4 Å². The highest BCUT2D eigenvalue weighted by atomic mass is 35.5. The van der Waals surface area contributed by atoms with Crippen LogP contribution < -0.4 is 10.1 Å². The van der Waals surface area contributed by atoms with E-state index in [-0.39, 0.29) is 24.0 Å². The van der Waals surface area contributed by atoms with Crippen molar-refractivity contribution in [2.45, 2.75) is 19.4 Å². The van der Waals surface area contributed by atoms with E-state index in [2.05, 4.69) is 10.3 Å². The van der Waals surface area contributed by atoms with Gasteiger partial charge in [0.15, 0.2) is 5.78 Å². The number of rotatable bonds is 6. The van der Waals surface area contributed by atoms with Crippen LogP contribution in [0.15, 0.2) is 54.4 Å². The molecule has 1 atom stereocenters. The van der Waals surface area contributed by atoms with Gasteiger partial charge in [-0.25, -0.2) is 0 Å². The number of pyridine rings is 1. The number of nitriles is 1. The van der Waals surface area contributed by atoms with Crippen molar-refractivity contribution in [2.24, 2.45) is 0 Å². The van der Waals surface area contributed by atoms with Crippen LogP contribution in [0, 0.1) is 11.3 Å². The standard InChI is InChI=1S/C24H18ClN3O3S/c1-14(29)21-4-5-22(32-21)16-8-17-9-19(31-23(17)20(25)10-16)13-28-24(30)18(11-26)7-15-3-2-6-27-12-15/h2-8,10,12,19H,9,13H2,1H3,(H,28,30). The van der Waals surface area contributed by atoms with Crippen molar-refractivity contribution >= 4 is 40.7 Å². The molecule has 1 N–H and O–H groups in total. The lowest BCUT2D eigenvalue weighted by Gasteiger charge is -2.12. The molecule has 0 spiro atoms. The smallest absolute Gasteiger partial charge is 0.262 e. The maximum Gasteiger partial charge on any atom is 0.262 e. The zero-order valence-corrected chi connectivity index (χ0v) is 18.7. The maximum absolute atomic E-state index is 12.4. The first-order valence-electron chi connectivity index (χ1n) is 9.85. The largest absolute Gasteiger partial charge is 0.486 e. The van der Waals surface area contributed by atoms with Gasteiger partial charge in [0.25, 0.3) is 5.91 Å². The van der Waals surface area contributed by atoms with Crippen molar-refractivity contribution in [1.82, 2.24) is 10.3 Å². The molecule has 3 heterocycles. The minimum atomic E-state index is -0.474. The molecule has 0 radical (unpaired) electrons. The maximum atomic E-state index is 12.4. The fourth-order valence-electron chi connectivity index (χ4n) is 3.40. The normalized spacial score (nSPS) is 14.9. The summed E-state index contributed by atoms with van der Waals surface area (Å²) in [6.45, 7) is 1.78. The third kappa shape index (κ3) is 4.72. The summed E-state index contributed by atoms with van der Waals surface area (Å²) in [5.41, 5.74) is 2.53. The number of nitrogens with zero attached hydrogens (tertiary/aromatic N) is 2. The van der Waals surface area contributed by atoms with Gasteiger partial charge in [0.1, 0.15) is 23.5 Å². The van der Waals surface area contributed by atoms with E-state index in [4.69, 9.17) is 16.3 Å². The van der Waals surface area contributed by atoms with Gasteiger partial charge in [-0.15, -0.1) is 11.3 Å². The van der Waals surface area contributed by atoms with Crippen molar-refractivity contribution < 1.29 is 14.3 Å². The summed E-state index contributed by atoms with van der Waals surface area (Å²) in [5, 5.41) is 12.6. The number of nitrogens with one attached hydrogen (secondary N) is 1. The summed E-state index contributed by atoms with van der Waals surface area (Å²) in [4.78, 5) is 29.7. The Morgan fingerprint density at radius 1 is 1.38 bits per heavy atom. The van der Waals surface area contributed by atoms with Gasteiger partial charge in [0.2, 0.25) is 0 Å². The number of halogens is 1. The molecule has 0 aliphatic carbocycles. The number of ether oxygens (including phenoxy) is 1. The fourth-order valence-corrected chi connectivity index (χ4v) is 4.58. The van der Waals surface area contributed by atoms with Crippen LogP contribution >= 0.6 is 22.9 Å². The van der Waals surface area contributed by atoms with Crippen LogP contribution in [-0.4, -0.2) is 29.3 Å². The fraction of sp³-hybridized carbons (Fsp3) is 0.167. The number of amides is 1. The van der Waals surface area contributed by atoms with Gasteiger partial charge >= 0.3 is 0 Å². The topological polar surface area (TPSA) is 92.1 Å². The Morgan fingerprint density at radius 3 is 2.91 bits per heavy atom. The molecule has 0 saturated carbocycles. The first kappa shape index (κ1) is 21.8. The zero-order valence-electron chi connectivity index (χ0n) is 17.1. The predicted molar refractivity (Wildman–Crippen MR) is 124 cm³/mol. The van der Waals surface area contributed by atoms with Crippen LogP contribution in [0.3, 0.4) is 0 Å². The number of hydrogen-bond acceptors (Lipinski definition) is 6. The second-order valence-electron chi connectivity index (χ2n) is 7.28. The van der Waals surface area contributed by atoms with Crippen LogP contribution in [0.25, 0.3) is 16.5 Å². The molecule has 6 nitrogen and oxygen atoms in total. The second kappa shape index (κ2) is 9.35. The molecule has 160 valence electrons. The lowest BCUT2D eigenvalue weighted by Crippen LogP contribution is -2.35. The van der Waals surface area contributed by atoms with Crippen molar-refractivity contribution in [3.05, 3.63) is 75.4 Å². The summed E-state index contributed by atoms with van der Waals surface area (Å²) in [5.74, 6) is 0.157. The van der Waals surface area contributed by atoms with E-state index >= 15 is 0 Å². The Hall–Kier alpha value is -3.47. The highest BCUT2D eigenvalue weighted by Crippen LogP contribution is 2.41. The molecule has 4 rings (SSSR count). The summed E-state index contributed by atoms with van der Waals surface area (Å²) in [6.07, 6.45) is 4.97. The molecule has 8 heteroatoms. The first-order chi connectivity index (χ1) is 15.4. The monoisotopic (exact) mass is 463 g/mol. The summed E-state index contributed by atoms with van der Waals surface area (Å²) in [7, 11) is 0. The zero-order chi connectivity index (χ0) is 22.7. The average molecular weight is 464 g/mol. The number of benzene rings is 1. The van der Waals surface area contributed by atoms with E-state index in [0.717, 1.165) is 16.0 Å². The highest BCUT2D eigenvalue weighted by molar-refractivity contribution is 7.17. The van der Waals surface area contributed by atoms with Crippen LogP contribution in [0.2, 0.25) is 5.02 Å². The quantitative estimate of drug-likeness (QED) is 0.325.